The van der Waals surface area contributed by atoms with Crippen LogP contribution in [-0.2, 0) is 9.53 Å². The van der Waals surface area contributed by atoms with E-state index in [-0.39, 0.29) is 23.8 Å². The van der Waals surface area contributed by atoms with Crippen LogP contribution >= 0.6 is 11.8 Å². The molecular weight excluding hydrogens is 204 g/mol. The monoisotopic (exact) mass is 216 g/mol. The van der Waals surface area contributed by atoms with Gasteiger partial charge < -0.3 is 10.5 Å². The van der Waals surface area contributed by atoms with E-state index >= 15 is 0 Å². The zero-order valence-corrected chi connectivity index (χ0v) is 8.80. The van der Waals surface area contributed by atoms with Crippen LogP contribution in [0.1, 0.15) is 13.8 Å². The van der Waals surface area contributed by atoms with Gasteiger partial charge in [-0.25, -0.2) is 5.10 Å². The number of nitrogen functional groups attached to an aromatic ring is 1. The molecule has 0 aliphatic rings. The number of nitrogens with zero attached hydrogens (tertiary/aromatic N) is 2. The molecule has 6 nitrogen and oxygen atoms in total. The summed E-state index contributed by atoms with van der Waals surface area (Å²) >= 11 is 1.18. The van der Waals surface area contributed by atoms with Gasteiger partial charge in [-0.1, -0.05) is 11.8 Å². The summed E-state index contributed by atoms with van der Waals surface area (Å²) in [6.45, 7) is 3.60. The summed E-state index contributed by atoms with van der Waals surface area (Å²) in [5.41, 5.74) is 5.31. The van der Waals surface area contributed by atoms with Crippen molar-refractivity contribution >= 4 is 23.7 Å². The van der Waals surface area contributed by atoms with Crippen molar-refractivity contribution in [1.82, 2.24) is 15.2 Å². The van der Waals surface area contributed by atoms with Gasteiger partial charge in [0.15, 0.2) is 0 Å². The van der Waals surface area contributed by atoms with Crippen LogP contribution in [0, 0.1) is 0 Å². The Morgan fingerprint density at radius 2 is 2.43 bits per heavy atom. The second kappa shape index (κ2) is 4.85. The highest BCUT2D eigenvalue weighted by Crippen LogP contribution is 2.12. The molecule has 1 aromatic rings. The summed E-state index contributed by atoms with van der Waals surface area (Å²) < 4.78 is 4.92. The number of aromatic nitrogens is 3. The van der Waals surface area contributed by atoms with E-state index in [1.165, 1.54) is 11.8 Å². The highest BCUT2D eigenvalue weighted by atomic mass is 32.2. The Kier molecular flexibility index (Phi) is 3.75. The number of carbonyl (C=O) groups is 1. The second-order valence-electron chi connectivity index (χ2n) is 2.83. The summed E-state index contributed by atoms with van der Waals surface area (Å²) in [5.74, 6) is 0.147. The number of aromatic amines is 1. The molecule has 0 unspecified atom stereocenters. The molecule has 0 saturated carbocycles. The number of nitrogens with one attached hydrogen (secondary N) is 1. The highest BCUT2D eigenvalue weighted by Gasteiger charge is 2.08. The Morgan fingerprint density at radius 1 is 1.71 bits per heavy atom. The molecule has 0 radical (unpaired) electrons. The van der Waals surface area contributed by atoms with Gasteiger partial charge in [0.1, 0.15) is 0 Å². The molecule has 0 bridgehead atoms. The Balaban J connectivity index is 2.30. The normalized spacial score (nSPS) is 10.5. The van der Waals surface area contributed by atoms with Gasteiger partial charge >= 0.3 is 5.97 Å². The van der Waals surface area contributed by atoms with Crippen LogP contribution in [0.15, 0.2) is 5.16 Å². The smallest absolute Gasteiger partial charge is 0.316 e. The van der Waals surface area contributed by atoms with E-state index < -0.39 is 0 Å². The van der Waals surface area contributed by atoms with Crippen molar-refractivity contribution < 1.29 is 9.53 Å². The first-order valence-electron chi connectivity index (χ1n) is 4.08. The van der Waals surface area contributed by atoms with Gasteiger partial charge in [0, 0.05) is 0 Å². The van der Waals surface area contributed by atoms with Crippen LogP contribution in [0.5, 0.6) is 0 Å². The van der Waals surface area contributed by atoms with Gasteiger partial charge in [-0.15, -0.1) is 5.10 Å². The number of nitrogens with two attached hydrogens (primary N) is 1. The zero-order chi connectivity index (χ0) is 10.6. The molecule has 1 heterocycles. The molecular formula is C7H12N4O2S. The second-order valence-corrected chi connectivity index (χ2v) is 3.77. The third kappa shape index (κ3) is 3.65. The van der Waals surface area contributed by atoms with Crippen LogP contribution < -0.4 is 5.73 Å². The van der Waals surface area contributed by atoms with E-state index in [2.05, 4.69) is 15.2 Å². The molecule has 0 aliphatic heterocycles. The lowest BCUT2D eigenvalue weighted by Gasteiger charge is -2.05. The van der Waals surface area contributed by atoms with Crippen molar-refractivity contribution in [3.8, 4) is 0 Å². The minimum absolute atomic E-state index is 0.0969. The number of esters is 1. The molecule has 0 fully saturated rings. The Bertz CT molecular complexity index is 312. The fraction of sp³-hybridized carbons (Fsp3) is 0.571. The number of ether oxygens (including phenoxy) is 1. The molecule has 14 heavy (non-hydrogen) atoms. The zero-order valence-electron chi connectivity index (χ0n) is 7.98. The molecule has 0 aliphatic carbocycles. The van der Waals surface area contributed by atoms with Gasteiger partial charge in [0.05, 0.1) is 11.9 Å². The number of H-pyrrole nitrogens is 1. The van der Waals surface area contributed by atoms with E-state index in [9.17, 15) is 4.79 Å². The van der Waals surface area contributed by atoms with E-state index in [1.54, 1.807) is 13.8 Å². The third-order valence-electron chi connectivity index (χ3n) is 1.17. The Labute approximate surface area is 85.6 Å². The van der Waals surface area contributed by atoms with Crippen LogP contribution in [0.4, 0.5) is 5.95 Å². The van der Waals surface area contributed by atoms with Gasteiger partial charge in [-0.3, -0.25) is 4.79 Å². The standard InChI is InChI=1S/C7H12N4O2S/c1-4(2)13-5(12)3-14-7-9-6(8)10-11-7/h4H,3H2,1-2H3,(H3,8,9,10,11). The van der Waals surface area contributed by atoms with Crippen molar-refractivity contribution in [2.45, 2.75) is 25.1 Å². The molecule has 1 aromatic heterocycles. The third-order valence-corrected chi connectivity index (χ3v) is 1.99. The van der Waals surface area contributed by atoms with E-state index in [4.69, 9.17) is 10.5 Å². The van der Waals surface area contributed by atoms with Gasteiger partial charge in [-0.2, -0.15) is 4.98 Å². The fourth-order valence-electron chi connectivity index (χ4n) is 0.743. The predicted molar refractivity (Wildman–Crippen MR) is 52.7 cm³/mol. The maximum Gasteiger partial charge on any atom is 0.316 e. The minimum atomic E-state index is -0.284. The molecule has 0 atom stereocenters. The largest absolute Gasteiger partial charge is 0.462 e. The Morgan fingerprint density at radius 3 is 2.93 bits per heavy atom. The Hall–Kier alpha value is -1.24. The molecule has 3 N–H and O–H groups in total. The summed E-state index contributed by atoms with van der Waals surface area (Å²) in [4.78, 5) is 14.9. The highest BCUT2D eigenvalue weighted by molar-refractivity contribution is 7.99. The fourth-order valence-corrected chi connectivity index (χ4v) is 1.33. The number of thioether (sulfide) groups is 1. The lowest BCUT2D eigenvalue weighted by atomic mass is 10.5. The van der Waals surface area contributed by atoms with Crippen LogP contribution in [-0.4, -0.2) is 33.0 Å². The maximum atomic E-state index is 11.1. The summed E-state index contributed by atoms with van der Waals surface area (Å²) in [7, 11) is 0. The topological polar surface area (TPSA) is 93.9 Å². The number of hydrogen-bond acceptors (Lipinski definition) is 6. The average Bonchev–Trinajstić information content (AvgIpc) is 2.47. The van der Waals surface area contributed by atoms with Crippen molar-refractivity contribution in [2.24, 2.45) is 0 Å². The summed E-state index contributed by atoms with van der Waals surface area (Å²) in [6.07, 6.45) is -0.0969. The van der Waals surface area contributed by atoms with E-state index in [0.29, 0.717) is 5.16 Å². The minimum Gasteiger partial charge on any atom is -0.462 e. The molecule has 0 aromatic carbocycles. The van der Waals surface area contributed by atoms with E-state index in [1.807, 2.05) is 0 Å². The lowest BCUT2D eigenvalue weighted by Crippen LogP contribution is -2.13. The molecule has 1 rings (SSSR count). The number of hydrogen-bond donors (Lipinski definition) is 2. The van der Waals surface area contributed by atoms with Crippen molar-refractivity contribution in [3.63, 3.8) is 0 Å². The van der Waals surface area contributed by atoms with Crippen molar-refractivity contribution in [1.29, 1.82) is 0 Å². The quantitative estimate of drug-likeness (QED) is 0.560. The van der Waals surface area contributed by atoms with Crippen LogP contribution in [0.3, 0.4) is 0 Å². The maximum absolute atomic E-state index is 11.1. The van der Waals surface area contributed by atoms with Gasteiger partial charge in [-0.05, 0) is 13.8 Å². The first-order chi connectivity index (χ1) is 6.58. The van der Waals surface area contributed by atoms with Crippen LogP contribution in [0.2, 0.25) is 0 Å². The first-order valence-corrected chi connectivity index (χ1v) is 5.06. The molecule has 78 valence electrons. The van der Waals surface area contributed by atoms with Gasteiger partial charge in [0.2, 0.25) is 11.1 Å². The molecule has 0 amide bonds. The molecule has 7 heteroatoms. The number of rotatable bonds is 4. The van der Waals surface area contributed by atoms with Crippen LogP contribution in [0.25, 0.3) is 0 Å². The lowest BCUT2D eigenvalue weighted by molar-refractivity contribution is -0.144. The number of anilines is 1. The SMILES string of the molecule is CC(C)OC(=O)CSc1n[nH]c(N)n1. The summed E-state index contributed by atoms with van der Waals surface area (Å²) in [5, 5.41) is 6.69. The van der Waals surface area contributed by atoms with Gasteiger partial charge in [0.25, 0.3) is 0 Å². The first kappa shape index (κ1) is 10.8. The number of carbonyl (C=O) groups excluding carboxylic acids is 1. The van der Waals surface area contributed by atoms with Crippen molar-refractivity contribution in [2.75, 3.05) is 11.5 Å². The molecule has 0 saturated heterocycles. The average molecular weight is 216 g/mol. The van der Waals surface area contributed by atoms with Crippen molar-refractivity contribution in [3.05, 3.63) is 0 Å². The predicted octanol–water partition coefficient (Wildman–Crippen LogP) is 0.431. The molecule has 0 spiro atoms. The summed E-state index contributed by atoms with van der Waals surface area (Å²) in [6, 6.07) is 0. The van der Waals surface area contributed by atoms with E-state index in [0.717, 1.165) is 0 Å².